The predicted octanol–water partition coefficient (Wildman–Crippen LogP) is 4.58. The van der Waals surface area contributed by atoms with Crippen molar-refractivity contribution in [3.05, 3.63) is 22.8 Å². The van der Waals surface area contributed by atoms with Crippen LogP contribution in [0.3, 0.4) is 0 Å². The van der Waals surface area contributed by atoms with Crippen LogP contribution in [0.5, 0.6) is 11.5 Å². The molecule has 8 heteroatoms. The normalized spacial score (nSPS) is 17.5. The molecular formula is C30H51N3O5. The third-order valence-corrected chi connectivity index (χ3v) is 7.50. The maximum atomic E-state index is 12.7. The summed E-state index contributed by atoms with van der Waals surface area (Å²) in [5.41, 5.74) is 2.41. The zero-order valence-electron chi connectivity index (χ0n) is 24.0. The van der Waals surface area contributed by atoms with Crippen LogP contribution in [-0.4, -0.2) is 54.4 Å². The number of carbonyl (C=O) groups excluding carboxylic acids is 2. The Hall–Kier alpha value is -2.32. The van der Waals surface area contributed by atoms with Gasteiger partial charge in [-0.1, -0.05) is 77.2 Å². The molecule has 1 aliphatic rings. The molecule has 0 saturated heterocycles. The highest BCUT2D eigenvalue weighted by Gasteiger charge is 2.31. The lowest BCUT2D eigenvalue weighted by molar-refractivity contribution is -0.128. The first kappa shape index (κ1) is 31.9. The Morgan fingerprint density at radius 1 is 1.08 bits per heavy atom. The number of rotatable bonds is 18. The molecule has 0 saturated carbocycles. The number of hydrogen-bond donors (Lipinski definition) is 5. The van der Waals surface area contributed by atoms with Crippen molar-refractivity contribution in [3.8, 4) is 11.5 Å². The van der Waals surface area contributed by atoms with E-state index in [0.29, 0.717) is 24.2 Å². The Morgan fingerprint density at radius 3 is 2.26 bits per heavy atom. The van der Waals surface area contributed by atoms with Crippen LogP contribution in [0.2, 0.25) is 0 Å². The van der Waals surface area contributed by atoms with E-state index in [4.69, 9.17) is 4.74 Å². The maximum absolute atomic E-state index is 12.7. The molecule has 8 nitrogen and oxygen atoms in total. The van der Waals surface area contributed by atoms with Gasteiger partial charge in [-0.05, 0) is 37.8 Å². The van der Waals surface area contributed by atoms with Crippen LogP contribution in [0, 0.1) is 6.92 Å². The molecule has 0 spiro atoms. The summed E-state index contributed by atoms with van der Waals surface area (Å²) in [4.78, 5) is 25.1. The smallest absolute Gasteiger partial charge is 0.242 e. The van der Waals surface area contributed by atoms with Crippen LogP contribution < -0.4 is 20.7 Å². The number of phenols is 1. The quantitative estimate of drug-likeness (QED) is 0.176. The summed E-state index contributed by atoms with van der Waals surface area (Å²) in [5, 5.41) is 29.6. The van der Waals surface area contributed by atoms with E-state index in [2.05, 4.69) is 22.9 Å². The molecule has 38 heavy (non-hydrogen) atoms. The summed E-state index contributed by atoms with van der Waals surface area (Å²) in [6.07, 6.45) is 14.5. The number of methoxy groups -OCH3 is 1. The number of fused-ring (bicyclic) bond motifs is 1. The highest BCUT2D eigenvalue weighted by Crippen LogP contribution is 2.41. The standard InChI is InChI=1S/C30H51N3O5/c1-5-6-7-8-9-10-11-12-13-14-15-16-26(35)32-22(3)30(37)31-19-25-27-23(18-24(20-34)33-25)17-21(2)29(38-4)28(27)36/h17,22,24-25,33-34,36H,5-16,18-20H2,1-4H3,(H,31,37)(H,32,35)/t22-,24-,25-/m0/s1. The average molecular weight is 534 g/mol. The van der Waals surface area contributed by atoms with Gasteiger partial charge < -0.3 is 30.9 Å². The number of amides is 2. The monoisotopic (exact) mass is 533 g/mol. The van der Waals surface area contributed by atoms with Gasteiger partial charge in [-0.25, -0.2) is 0 Å². The molecule has 1 aliphatic heterocycles. The van der Waals surface area contributed by atoms with Crippen molar-refractivity contribution in [2.45, 2.75) is 122 Å². The minimum Gasteiger partial charge on any atom is -0.504 e. The molecule has 1 aromatic rings. The van der Waals surface area contributed by atoms with E-state index in [1.165, 1.54) is 58.5 Å². The number of ether oxygens (including phenoxy) is 1. The fourth-order valence-corrected chi connectivity index (χ4v) is 5.34. The van der Waals surface area contributed by atoms with Crippen LogP contribution in [0.25, 0.3) is 0 Å². The molecule has 0 aliphatic carbocycles. The fourth-order valence-electron chi connectivity index (χ4n) is 5.34. The summed E-state index contributed by atoms with van der Waals surface area (Å²) in [6.45, 7) is 5.94. The minimum atomic E-state index is -0.659. The predicted molar refractivity (Wildman–Crippen MR) is 152 cm³/mol. The van der Waals surface area contributed by atoms with Crippen LogP contribution in [0.15, 0.2) is 6.07 Å². The number of aliphatic hydroxyl groups excluding tert-OH is 1. The molecule has 0 radical (unpaired) electrons. The van der Waals surface area contributed by atoms with Crippen LogP contribution in [0.1, 0.15) is 114 Å². The van der Waals surface area contributed by atoms with Gasteiger partial charge in [0.05, 0.1) is 19.8 Å². The van der Waals surface area contributed by atoms with Gasteiger partial charge in [0.2, 0.25) is 11.8 Å². The number of nitrogens with one attached hydrogen (secondary N) is 3. The van der Waals surface area contributed by atoms with E-state index in [1.807, 2.05) is 13.0 Å². The van der Waals surface area contributed by atoms with Gasteiger partial charge in [-0.3, -0.25) is 9.59 Å². The van der Waals surface area contributed by atoms with E-state index >= 15 is 0 Å². The highest BCUT2D eigenvalue weighted by atomic mass is 16.5. The van der Waals surface area contributed by atoms with Gasteiger partial charge in [0.15, 0.2) is 11.5 Å². The number of aromatic hydroxyl groups is 1. The molecule has 1 heterocycles. The van der Waals surface area contributed by atoms with Crippen molar-refractivity contribution >= 4 is 11.8 Å². The Morgan fingerprint density at radius 2 is 1.68 bits per heavy atom. The molecule has 0 unspecified atom stereocenters. The Labute approximate surface area is 229 Å². The Bertz CT molecular complexity index is 876. The molecule has 2 rings (SSSR count). The summed E-state index contributed by atoms with van der Waals surface area (Å²) >= 11 is 0. The number of aliphatic hydroxyl groups is 1. The van der Waals surface area contributed by atoms with E-state index in [9.17, 15) is 19.8 Å². The van der Waals surface area contributed by atoms with Gasteiger partial charge in [0, 0.05) is 24.6 Å². The van der Waals surface area contributed by atoms with E-state index in [1.54, 1.807) is 6.92 Å². The van der Waals surface area contributed by atoms with Gasteiger partial charge in [0.1, 0.15) is 6.04 Å². The van der Waals surface area contributed by atoms with Gasteiger partial charge >= 0.3 is 0 Å². The van der Waals surface area contributed by atoms with Crippen molar-refractivity contribution in [1.82, 2.24) is 16.0 Å². The van der Waals surface area contributed by atoms with Crippen LogP contribution in [0.4, 0.5) is 0 Å². The molecule has 1 aromatic carbocycles. The van der Waals surface area contributed by atoms with Crippen LogP contribution >= 0.6 is 0 Å². The fraction of sp³-hybridized carbons (Fsp3) is 0.733. The zero-order chi connectivity index (χ0) is 27.9. The second-order valence-electron chi connectivity index (χ2n) is 10.8. The Kier molecular flexibility index (Phi) is 14.5. The number of hydrogen-bond acceptors (Lipinski definition) is 6. The lowest BCUT2D eigenvalue weighted by atomic mass is 9.87. The van der Waals surface area contributed by atoms with Crippen molar-refractivity contribution in [3.63, 3.8) is 0 Å². The summed E-state index contributed by atoms with van der Waals surface area (Å²) in [7, 11) is 1.51. The first-order chi connectivity index (χ1) is 18.3. The second kappa shape index (κ2) is 17.3. The number of benzene rings is 1. The van der Waals surface area contributed by atoms with Crippen molar-refractivity contribution < 1.29 is 24.5 Å². The molecule has 0 aromatic heterocycles. The van der Waals surface area contributed by atoms with E-state index in [-0.39, 0.29) is 36.8 Å². The van der Waals surface area contributed by atoms with Gasteiger partial charge in [-0.15, -0.1) is 0 Å². The SMILES string of the molecule is CCCCCCCCCCCCCC(=O)N[C@@H](C)C(=O)NC[C@@H]1N[C@H](CO)Cc2cc(C)c(OC)c(O)c21. The number of phenolic OH excluding ortho intramolecular Hbond substituents is 1. The van der Waals surface area contributed by atoms with E-state index < -0.39 is 12.1 Å². The summed E-state index contributed by atoms with van der Waals surface area (Å²) in [5.74, 6) is 0.0690. The number of carbonyl (C=O) groups is 2. The summed E-state index contributed by atoms with van der Waals surface area (Å²) in [6, 6.07) is 0.727. The first-order valence-electron chi connectivity index (χ1n) is 14.7. The van der Waals surface area contributed by atoms with Crippen molar-refractivity contribution in [2.75, 3.05) is 20.3 Å². The molecular weight excluding hydrogens is 482 g/mol. The molecule has 2 amide bonds. The van der Waals surface area contributed by atoms with Crippen molar-refractivity contribution in [1.29, 1.82) is 0 Å². The minimum absolute atomic E-state index is 0.0543. The third kappa shape index (κ3) is 10.1. The molecule has 0 fully saturated rings. The van der Waals surface area contributed by atoms with Gasteiger partial charge in [0.25, 0.3) is 0 Å². The van der Waals surface area contributed by atoms with Crippen molar-refractivity contribution in [2.24, 2.45) is 0 Å². The highest BCUT2D eigenvalue weighted by molar-refractivity contribution is 5.87. The largest absolute Gasteiger partial charge is 0.504 e. The van der Waals surface area contributed by atoms with E-state index in [0.717, 1.165) is 30.4 Å². The lowest BCUT2D eigenvalue weighted by Gasteiger charge is -2.34. The third-order valence-electron chi connectivity index (χ3n) is 7.50. The first-order valence-corrected chi connectivity index (χ1v) is 14.7. The maximum Gasteiger partial charge on any atom is 0.242 e. The number of unbranched alkanes of at least 4 members (excludes halogenated alkanes) is 10. The van der Waals surface area contributed by atoms with Crippen LogP contribution in [-0.2, 0) is 16.0 Å². The summed E-state index contributed by atoms with van der Waals surface area (Å²) < 4.78 is 5.37. The molecule has 216 valence electrons. The molecule has 3 atom stereocenters. The zero-order valence-corrected chi connectivity index (χ0v) is 24.0. The Balaban J connectivity index is 1.72. The average Bonchev–Trinajstić information content (AvgIpc) is 2.89. The number of aryl methyl sites for hydroxylation is 1. The van der Waals surface area contributed by atoms with Gasteiger partial charge in [-0.2, -0.15) is 0 Å². The molecule has 5 N–H and O–H groups in total. The molecule has 0 bridgehead atoms. The lowest BCUT2D eigenvalue weighted by Crippen LogP contribution is -2.49. The second-order valence-corrected chi connectivity index (χ2v) is 10.8. The topological polar surface area (TPSA) is 120 Å².